The molecule has 0 bridgehead atoms. The summed E-state index contributed by atoms with van der Waals surface area (Å²) in [6.07, 6.45) is 1.56. The predicted molar refractivity (Wildman–Crippen MR) is 60.2 cm³/mol. The lowest BCUT2D eigenvalue weighted by atomic mass is 10.3. The first-order valence-electron chi connectivity index (χ1n) is 4.76. The van der Waals surface area contributed by atoms with Gasteiger partial charge in [-0.15, -0.1) is 11.6 Å². The molecule has 0 spiro atoms. The number of rotatable bonds is 8. The number of sulfonamides is 1. The number of primary amides is 1. The Bertz CT molecular complexity index is 292. The lowest BCUT2D eigenvalue weighted by molar-refractivity contribution is -0.118. The van der Waals surface area contributed by atoms with Gasteiger partial charge in [0, 0.05) is 12.4 Å². The molecule has 0 aromatic heterocycles. The monoisotopic (exact) mass is 256 g/mol. The van der Waals surface area contributed by atoms with E-state index in [0.717, 1.165) is 10.7 Å². The minimum Gasteiger partial charge on any atom is -0.369 e. The zero-order valence-corrected chi connectivity index (χ0v) is 10.4. The van der Waals surface area contributed by atoms with E-state index in [1.807, 2.05) is 6.92 Å². The van der Waals surface area contributed by atoms with Crippen LogP contribution in [0, 0.1) is 0 Å². The Labute approximate surface area is 95.6 Å². The van der Waals surface area contributed by atoms with Crippen molar-refractivity contribution in [2.45, 2.75) is 19.8 Å². The summed E-state index contributed by atoms with van der Waals surface area (Å²) in [7, 11) is -3.44. The third kappa shape index (κ3) is 5.96. The molecule has 0 rings (SSSR count). The molecule has 7 heteroatoms. The summed E-state index contributed by atoms with van der Waals surface area (Å²) < 4.78 is 24.3. The van der Waals surface area contributed by atoms with Crippen molar-refractivity contribution in [3.63, 3.8) is 0 Å². The zero-order valence-electron chi connectivity index (χ0n) is 8.78. The molecule has 0 radical (unpaired) electrons. The molecule has 0 heterocycles. The van der Waals surface area contributed by atoms with Gasteiger partial charge in [-0.1, -0.05) is 13.3 Å². The fourth-order valence-electron chi connectivity index (χ4n) is 1.05. The Hall–Kier alpha value is -0.330. The lowest BCUT2D eigenvalue weighted by Gasteiger charge is -2.19. The normalized spacial score (nSPS) is 11.9. The minimum atomic E-state index is -3.44. The van der Waals surface area contributed by atoms with Gasteiger partial charge in [-0.25, -0.2) is 8.42 Å². The Balaban J connectivity index is 4.53. The number of halogens is 1. The van der Waals surface area contributed by atoms with Gasteiger partial charge >= 0.3 is 0 Å². The molecule has 2 N–H and O–H groups in total. The van der Waals surface area contributed by atoms with E-state index in [9.17, 15) is 13.2 Å². The van der Waals surface area contributed by atoms with E-state index in [-0.39, 0.29) is 18.2 Å². The van der Waals surface area contributed by atoms with E-state index >= 15 is 0 Å². The second-order valence-electron chi connectivity index (χ2n) is 3.16. The number of nitrogens with zero attached hydrogens (tertiary/aromatic N) is 1. The highest BCUT2D eigenvalue weighted by Gasteiger charge is 2.22. The van der Waals surface area contributed by atoms with Gasteiger partial charge in [0.05, 0.1) is 12.3 Å². The summed E-state index contributed by atoms with van der Waals surface area (Å²) in [5.74, 6) is -0.792. The molecule has 0 aromatic rings. The summed E-state index contributed by atoms with van der Waals surface area (Å²) >= 11 is 5.38. The molecule has 0 fully saturated rings. The fourth-order valence-corrected chi connectivity index (χ4v) is 2.82. The number of hydrogen-bond acceptors (Lipinski definition) is 3. The van der Waals surface area contributed by atoms with Crippen molar-refractivity contribution in [2.75, 3.05) is 24.7 Å². The summed E-state index contributed by atoms with van der Waals surface area (Å²) in [4.78, 5) is 10.7. The molecule has 0 aromatic carbocycles. The van der Waals surface area contributed by atoms with Crippen LogP contribution in [0.15, 0.2) is 0 Å². The van der Waals surface area contributed by atoms with Gasteiger partial charge in [-0.3, -0.25) is 4.79 Å². The van der Waals surface area contributed by atoms with Gasteiger partial charge in [0.25, 0.3) is 0 Å². The van der Waals surface area contributed by atoms with Gasteiger partial charge in [0.1, 0.15) is 0 Å². The molecular weight excluding hydrogens is 240 g/mol. The maximum Gasteiger partial charge on any atom is 0.232 e. The van der Waals surface area contributed by atoms with Crippen molar-refractivity contribution >= 4 is 27.5 Å². The summed E-state index contributed by atoms with van der Waals surface area (Å²) in [5, 5.41) is 0. The number of amides is 1. The van der Waals surface area contributed by atoms with Crippen LogP contribution in [0.4, 0.5) is 0 Å². The Morgan fingerprint density at radius 1 is 1.47 bits per heavy atom. The molecule has 0 aliphatic heterocycles. The van der Waals surface area contributed by atoms with Crippen LogP contribution >= 0.6 is 11.6 Å². The van der Waals surface area contributed by atoms with Crippen molar-refractivity contribution in [1.29, 1.82) is 0 Å². The standard InChI is InChI=1S/C8H17ClN2O3S/c1-2-3-5-11(7-8(10)12)15(13,14)6-4-9/h2-7H2,1H3,(H2,10,12). The van der Waals surface area contributed by atoms with E-state index in [1.165, 1.54) is 0 Å². The number of nitrogens with two attached hydrogens (primary N) is 1. The molecule has 15 heavy (non-hydrogen) atoms. The molecule has 0 unspecified atom stereocenters. The highest BCUT2D eigenvalue weighted by molar-refractivity contribution is 7.89. The van der Waals surface area contributed by atoms with Crippen LogP contribution in [0.25, 0.3) is 0 Å². The quantitative estimate of drug-likeness (QED) is 0.628. The Kier molecular flexibility index (Phi) is 6.87. The first-order valence-corrected chi connectivity index (χ1v) is 6.90. The molecule has 0 saturated heterocycles. The van der Waals surface area contributed by atoms with E-state index in [2.05, 4.69) is 0 Å². The first kappa shape index (κ1) is 14.7. The second kappa shape index (κ2) is 7.03. The van der Waals surface area contributed by atoms with Crippen molar-refractivity contribution in [3.05, 3.63) is 0 Å². The Morgan fingerprint density at radius 2 is 2.07 bits per heavy atom. The molecule has 0 aliphatic carbocycles. The molecule has 90 valence electrons. The van der Waals surface area contributed by atoms with Crippen LogP contribution in [0.1, 0.15) is 19.8 Å². The van der Waals surface area contributed by atoms with E-state index < -0.39 is 15.9 Å². The van der Waals surface area contributed by atoms with Crippen LogP contribution in [0.3, 0.4) is 0 Å². The highest BCUT2D eigenvalue weighted by Crippen LogP contribution is 2.04. The fraction of sp³-hybridized carbons (Fsp3) is 0.875. The van der Waals surface area contributed by atoms with E-state index in [1.54, 1.807) is 0 Å². The third-order valence-corrected chi connectivity index (χ3v) is 4.05. The molecule has 0 saturated carbocycles. The summed E-state index contributed by atoms with van der Waals surface area (Å²) in [6.45, 7) is 1.99. The molecule has 0 atom stereocenters. The van der Waals surface area contributed by atoms with Gasteiger partial charge in [0.15, 0.2) is 0 Å². The van der Waals surface area contributed by atoms with Crippen molar-refractivity contribution in [3.8, 4) is 0 Å². The maximum absolute atomic E-state index is 11.6. The average Bonchev–Trinajstić information content (AvgIpc) is 2.11. The van der Waals surface area contributed by atoms with Crippen LogP contribution < -0.4 is 5.73 Å². The second-order valence-corrected chi connectivity index (χ2v) is 5.62. The van der Waals surface area contributed by atoms with Crippen molar-refractivity contribution in [2.24, 2.45) is 5.73 Å². The number of alkyl halides is 1. The first-order chi connectivity index (χ1) is 6.94. The van der Waals surface area contributed by atoms with Crippen molar-refractivity contribution < 1.29 is 13.2 Å². The summed E-state index contributed by atoms with van der Waals surface area (Å²) in [6, 6.07) is 0. The molecule has 5 nitrogen and oxygen atoms in total. The van der Waals surface area contributed by atoms with Gasteiger partial charge in [-0.2, -0.15) is 4.31 Å². The van der Waals surface area contributed by atoms with Crippen molar-refractivity contribution in [1.82, 2.24) is 4.31 Å². The number of unbranched alkanes of at least 4 members (excludes halogenated alkanes) is 1. The SMILES string of the molecule is CCCCN(CC(N)=O)S(=O)(=O)CCCl. The number of carbonyl (C=O) groups excluding carboxylic acids is 1. The predicted octanol–water partition coefficient (Wildman–Crippen LogP) is 0.142. The van der Waals surface area contributed by atoms with Gasteiger partial charge < -0.3 is 5.73 Å². The van der Waals surface area contributed by atoms with Crippen LogP contribution in [-0.4, -0.2) is 43.4 Å². The lowest BCUT2D eigenvalue weighted by Crippen LogP contribution is -2.40. The largest absolute Gasteiger partial charge is 0.369 e. The molecular formula is C8H17ClN2O3S. The summed E-state index contributed by atoms with van der Waals surface area (Å²) in [5.41, 5.74) is 4.98. The average molecular weight is 257 g/mol. The Morgan fingerprint density at radius 3 is 2.47 bits per heavy atom. The van der Waals surface area contributed by atoms with Gasteiger partial charge in [-0.05, 0) is 6.42 Å². The molecule has 0 aliphatic rings. The minimum absolute atomic E-state index is 0.0176. The van der Waals surface area contributed by atoms with Gasteiger partial charge in [0.2, 0.25) is 15.9 Å². The van der Waals surface area contributed by atoms with Crippen LogP contribution in [0.2, 0.25) is 0 Å². The maximum atomic E-state index is 11.6. The van der Waals surface area contributed by atoms with E-state index in [0.29, 0.717) is 13.0 Å². The zero-order chi connectivity index (χ0) is 11.9. The number of hydrogen-bond donors (Lipinski definition) is 1. The molecule has 1 amide bonds. The smallest absolute Gasteiger partial charge is 0.232 e. The topological polar surface area (TPSA) is 80.5 Å². The van der Waals surface area contributed by atoms with E-state index in [4.69, 9.17) is 17.3 Å². The third-order valence-electron chi connectivity index (χ3n) is 1.82. The van der Waals surface area contributed by atoms with Crippen LogP contribution in [-0.2, 0) is 14.8 Å². The van der Waals surface area contributed by atoms with Crippen LogP contribution in [0.5, 0.6) is 0 Å². The number of carbonyl (C=O) groups is 1. The highest BCUT2D eigenvalue weighted by atomic mass is 35.5.